The average Bonchev–Trinajstić information content (AvgIpc) is 3.30. The van der Waals surface area contributed by atoms with Crippen LogP contribution >= 0.6 is 0 Å². The largest absolute Gasteiger partial charge is 0.338 e. The van der Waals surface area contributed by atoms with Crippen LogP contribution in [-0.4, -0.2) is 52.4 Å². The van der Waals surface area contributed by atoms with E-state index in [-0.39, 0.29) is 5.91 Å². The van der Waals surface area contributed by atoms with E-state index in [0.717, 1.165) is 42.4 Å². The third-order valence-corrected chi connectivity index (χ3v) is 5.94. The van der Waals surface area contributed by atoms with Crippen LogP contribution in [-0.2, 0) is 11.2 Å². The SMILES string of the molecule is CCN1CCC[C@@H]1[C@@H]1CCCN1C(=O)Cc1cccc2cccnc12. The first-order valence-corrected chi connectivity index (χ1v) is 9.64. The average molecular weight is 337 g/mol. The quantitative estimate of drug-likeness (QED) is 0.859. The Balaban J connectivity index is 1.53. The van der Waals surface area contributed by atoms with E-state index in [1.165, 1.54) is 19.4 Å². The smallest absolute Gasteiger partial charge is 0.227 e. The fourth-order valence-corrected chi connectivity index (χ4v) is 4.76. The van der Waals surface area contributed by atoms with Crippen LogP contribution in [0.1, 0.15) is 38.2 Å². The number of fused-ring (bicyclic) bond motifs is 1. The van der Waals surface area contributed by atoms with E-state index in [1.54, 1.807) is 0 Å². The number of amides is 1. The minimum atomic E-state index is 0.267. The van der Waals surface area contributed by atoms with Gasteiger partial charge in [0, 0.05) is 30.2 Å². The second kappa shape index (κ2) is 7.12. The highest BCUT2D eigenvalue weighted by Crippen LogP contribution is 2.30. The number of hydrogen-bond donors (Lipinski definition) is 0. The molecule has 2 aliphatic heterocycles. The van der Waals surface area contributed by atoms with E-state index in [9.17, 15) is 4.79 Å². The van der Waals surface area contributed by atoms with Crippen molar-refractivity contribution in [2.45, 2.75) is 51.1 Å². The lowest BCUT2D eigenvalue weighted by Crippen LogP contribution is -2.48. The summed E-state index contributed by atoms with van der Waals surface area (Å²) in [4.78, 5) is 22.3. The molecular formula is C21H27N3O. The summed E-state index contributed by atoms with van der Waals surface area (Å²) in [6.07, 6.45) is 7.07. The molecule has 0 aliphatic carbocycles. The number of aromatic nitrogens is 1. The second-order valence-electron chi connectivity index (χ2n) is 7.30. The number of carbonyl (C=O) groups is 1. The molecule has 3 heterocycles. The first-order chi connectivity index (χ1) is 12.3. The number of carbonyl (C=O) groups excluding carboxylic acids is 1. The van der Waals surface area contributed by atoms with Gasteiger partial charge in [0.25, 0.3) is 0 Å². The minimum absolute atomic E-state index is 0.267. The highest BCUT2D eigenvalue weighted by Gasteiger charge is 2.38. The summed E-state index contributed by atoms with van der Waals surface area (Å²) in [5.41, 5.74) is 2.01. The minimum Gasteiger partial charge on any atom is -0.338 e. The molecule has 1 aromatic heterocycles. The van der Waals surface area contributed by atoms with Gasteiger partial charge in [-0.3, -0.25) is 14.7 Å². The van der Waals surface area contributed by atoms with Gasteiger partial charge < -0.3 is 4.90 Å². The standard InChI is InChI=1S/C21H27N3O/c1-2-23-13-5-10-18(23)19-11-6-14-24(19)20(25)15-17-8-3-7-16-9-4-12-22-21(16)17/h3-4,7-9,12,18-19H,2,5-6,10-11,13-15H2,1H3/t18-,19+/m1/s1. The number of hydrogen-bond acceptors (Lipinski definition) is 3. The lowest BCUT2D eigenvalue weighted by Gasteiger charge is -2.34. The Morgan fingerprint density at radius 3 is 2.80 bits per heavy atom. The van der Waals surface area contributed by atoms with Crippen LogP contribution in [0.3, 0.4) is 0 Å². The molecule has 2 aromatic rings. The van der Waals surface area contributed by atoms with Gasteiger partial charge in [-0.1, -0.05) is 31.2 Å². The molecule has 2 fully saturated rings. The van der Waals surface area contributed by atoms with E-state index in [0.29, 0.717) is 18.5 Å². The fourth-order valence-electron chi connectivity index (χ4n) is 4.76. The van der Waals surface area contributed by atoms with E-state index in [2.05, 4.69) is 33.8 Å². The van der Waals surface area contributed by atoms with Crippen molar-refractivity contribution in [3.05, 3.63) is 42.1 Å². The summed E-state index contributed by atoms with van der Waals surface area (Å²) in [6, 6.07) is 11.1. The van der Waals surface area contributed by atoms with Gasteiger partial charge in [0.1, 0.15) is 0 Å². The number of pyridine rings is 1. The zero-order chi connectivity index (χ0) is 17.2. The maximum atomic E-state index is 13.1. The Kier molecular flexibility index (Phi) is 4.71. The zero-order valence-corrected chi connectivity index (χ0v) is 15.0. The summed E-state index contributed by atoms with van der Waals surface area (Å²) >= 11 is 0. The molecule has 0 unspecified atom stereocenters. The highest BCUT2D eigenvalue weighted by atomic mass is 16.2. The van der Waals surface area contributed by atoms with Gasteiger partial charge in [0.05, 0.1) is 11.9 Å². The van der Waals surface area contributed by atoms with E-state index >= 15 is 0 Å². The van der Waals surface area contributed by atoms with Crippen molar-refractivity contribution in [3.8, 4) is 0 Å². The van der Waals surface area contributed by atoms with Crippen molar-refractivity contribution in [2.24, 2.45) is 0 Å². The molecule has 0 N–H and O–H groups in total. The normalized spacial score (nSPS) is 24.3. The van der Waals surface area contributed by atoms with Gasteiger partial charge in [-0.15, -0.1) is 0 Å². The molecule has 1 aromatic carbocycles. The van der Waals surface area contributed by atoms with Gasteiger partial charge in [0.2, 0.25) is 5.91 Å². The van der Waals surface area contributed by atoms with Crippen LogP contribution in [0.15, 0.2) is 36.5 Å². The number of nitrogens with zero attached hydrogens (tertiary/aromatic N) is 3. The van der Waals surface area contributed by atoms with Crippen molar-refractivity contribution < 1.29 is 4.79 Å². The Hall–Kier alpha value is -1.94. The van der Waals surface area contributed by atoms with Crippen molar-refractivity contribution in [1.29, 1.82) is 0 Å². The molecule has 132 valence electrons. The molecular weight excluding hydrogens is 310 g/mol. The third-order valence-electron chi connectivity index (χ3n) is 5.94. The first-order valence-electron chi connectivity index (χ1n) is 9.64. The lowest BCUT2D eigenvalue weighted by atomic mass is 10.0. The van der Waals surface area contributed by atoms with Crippen molar-refractivity contribution in [2.75, 3.05) is 19.6 Å². The number of para-hydroxylation sites is 1. The molecule has 0 radical (unpaired) electrons. The summed E-state index contributed by atoms with van der Waals surface area (Å²) < 4.78 is 0. The third kappa shape index (κ3) is 3.15. The summed E-state index contributed by atoms with van der Waals surface area (Å²) in [5.74, 6) is 0.267. The Morgan fingerprint density at radius 2 is 1.92 bits per heavy atom. The van der Waals surface area contributed by atoms with Crippen LogP contribution in [0.25, 0.3) is 10.9 Å². The molecule has 0 saturated carbocycles. The number of likely N-dealkylation sites (N-methyl/N-ethyl adjacent to an activating group) is 1. The monoisotopic (exact) mass is 337 g/mol. The first kappa shape index (κ1) is 16.5. The van der Waals surface area contributed by atoms with Gasteiger partial charge in [0.15, 0.2) is 0 Å². The molecule has 2 aliphatic rings. The molecule has 0 bridgehead atoms. The van der Waals surface area contributed by atoms with Crippen molar-refractivity contribution >= 4 is 16.8 Å². The van der Waals surface area contributed by atoms with E-state index in [1.807, 2.05) is 24.4 Å². The predicted octanol–water partition coefficient (Wildman–Crippen LogP) is 3.25. The molecule has 1 amide bonds. The van der Waals surface area contributed by atoms with Crippen molar-refractivity contribution in [1.82, 2.24) is 14.8 Å². The van der Waals surface area contributed by atoms with Crippen LogP contribution in [0.4, 0.5) is 0 Å². The fraction of sp³-hybridized carbons (Fsp3) is 0.524. The van der Waals surface area contributed by atoms with E-state index in [4.69, 9.17) is 0 Å². The lowest BCUT2D eigenvalue weighted by molar-refractivity contribution is -0.132. The van der Waals surface area contributed by atoms with E-state index < -0.39 is 0 Å². The van der Waals surface area contributed by atoms with Gasteiger partial charge in [-0.25, -0.2) is 0 Å². The van der Waals surface area contributed by atoms with Crippen LogP contribution in [0, 0.1) is 0 Å². The molecule has 4 rings (SSSR count). The Morgan fingerprint density at radius 1 is 1.12 bits per heavy atom. The Bertz CT molecular complexity index is 754. The molecule has 0 spiro atoms. The Labute approximate surface area is 149 Å². The maximum Gasteiger partial charge on any atom is 0.227 e. The predicted molar refractivity (Wildman–Crippen MR) is 100 cm³/mol. The van der Waals surface area contributed by atoms with Crippen LogP contribution in [0.2, 0.25) is 0 Å². The maximum absolute atomic E-state index is 13.1. The molecule has 4 heteroatoms. The summed E-state index contributed by atoms with van der Waals surface area (Å²) in [7, 11) is 0. The number of rotatable bonds is 4. The van der Waals surface area contributed by atoms with Gasteiger partial charge >= 0.3 is 0 Å². The molecule has 25 heavy (non-hydrogen) atoms. The van der Waals surface area contributed by atoms with Crippen molar-refractivity contribution in [3.63, 3.8) is 0 Å². The zero-order valence-electron chi connectivity index (χ0n) is 15.0. The van der Waals surface area contributed by atoms with Crippen LogP contribution < -0.4 is 0 Å². The topological polar surface area (TPSA) is 36.4 Å². The summed E-state index contributed by atoms with van der Waals surface area (Å²) in [6.45, 7) is 5.43. The number of likely N-dealkylation sites (tertiary alicyclic amines) is 2. The molecule has 2 saturated heterocycles. The number of benzene rings is 1. The molecule has 4 nitrogen and oxygen atoms in total. The highest BCUT2D eigenvalue weighted by molar-refractivity contribution is 5.87. The summed E-state index contributed by atoms with van der Waals surface area (Å²) in [5, 5.41) is 1.11. The molecule has 2 atom stereocenters. The van der Waals surface area contributed by atoms with Gasteiger partial charge in [-0.05, 0) is 50.4 Å². The van der Waals surface area contributed by atoms with Gasteiger partial charge in [-0.2, -0.15) is 0 Å². The van der Waals surface area contributed by atoms with Crippen LogP contribution in [0.5, 0.6) is 0 Å². The second-order valence-corrected chi connectivity index (χ2v) is 7.30.